The molecule has 1 aliphatic heterocycles. The van der Waals surface area contributed by atoms with Gasteiger partial charge in [0.2, 0.25) is 11.8 Å². The Hall–Kier alpha value is -1.92. The molecule has 0 aliphatic carbocycles. The summed E-state index contributed by atoms with van der Waals surface area (Å²) in [6.07, 6.45) is 1.51. The van der Waals surface area contributed by atoms with Crippen molar-refractivity contribution in [3.8, 4) is 0 Å². The van der Waals surface area contributed by atoms with Crippen molar-refractivity contribution >= 4 is 11.8 Å². The molecule has 23 heavy (non-hydrogen) atoms. The normalized spacial score (nSPS) is 16.0. The first-order valence-electron chi connectivity index (χ1n) is 8.10. The van der Waals surface area contributed by atoms with Gasteiger partial charge in [0.15, 0.2) is 0 Å². The van der Waals surface area contributed by atoms with Crippen LogP contribution in [0.3, 0.4) is 0 Å². The number of hydrogen-bond donors (Lipinski definition) is 3. The van der Waals surface area contributed by atoms with E-state index in [9.17, 15) is 9.59 Å². The van der Waals surface area contributed by atoms with Gasteiger partial charge in [-0.15, -0.1) is 0 Å². The molecule has 0 aromatic heterocycles. The molecule has 3 N–H and O–H groups in total. The molecule has 1 aromatic rings. The van der Waals surface area contributed by atoms with Crippen molar-refractivity contribution in [1.82, 2.24) is 15.5 Å². The number of likely N-dealkylation sites (tertiary alicyclic amines) is 1. The quantitative estimate of drug-likeness (QED) is 0.667. The number of aliphatic hydroxyl groups is 1. The first-order valence-corrected chi connectivity index (χ1v) is 8.10. The van der Waals surface area contributed by atoms with Crippen molar-refractivity contribution < 1.29 is 14.7 Å². The summed E-state index contributed by atoms with van der Waals surface area (Å²) < 4.78 is 0. The molecule has 1 heterocycles. The van der Waals surface area contributed by atoms with Crippen molar-refractivity contribution in [2.45, 2.75) is 19.4 Å². The summed E-state index contributed by atoms with van der Waals surface area (Å²) in [6.45, 7) is 2.68. The highest BCUT2D eigenvalue weighted by Gasteiger charge is 2.25. The number of benzene rings is 1. The van der Waals surface area contributed by atoms with Gasteiger partial charge in [0.1, 0.15) is 0 Å². The minimum absolute atomic E-state index is 0.00669. The Morgan fingerprint density at radius 2 is 1.83 bits per heavy atom. The molecule has 0 saturated carbocycles. The molecule has 1 fully saturated rings. The van der Waals surface area contributed by atoms with Crippen LogP contribution in [0.2, 0.25) is 0 Å². The Kier molecular flexibility index (Phi) is 7.03. The van der Waals surface area contributed by atoms with Gasteiger partial charge in [0.05, 0.1) is 13.2 Å². The Morgan fingerprint density at radius 1 is 1.13 bits per heavy atom. The summed E-state index contributed by atoms with van der Waals surface area (Å²) in [7, 11) is 0. The van der Waals surface area contributed by atoms with E-state index in [-0.39, 0.29) is 24.3 Å². The molecule has 126 valence electrons. The molecular formula is C17H25N3O3. The lowest BCUT2D eigenvalue weighted by Crippen LogP contribution is -2.44. The van der Waals surface area contributed by atoms with Gasteiger partial charge in [-0.25, -0.2) is 0 Å². The van der Waals surface area contributed by atoms with Crippen molar-refractivity contribution in [1.29, 1.82) is 0 Å². The second-order valence-electron chi connectivity index (χ2n) is 5.83. The molecule has 2 rings (SSSR count). The molecule has 0 spiro atoms. The number of rotatable bonds is 7. The van der Waals surface area contributed by atoms with Gasteiger partial charge in [0, 0.05) is 19.0 Å². The number of hydrogen-bond acceptors (Lipinski definition) is 4. The predicted molar refractivity (Wildman–Crippen MR) is 87.5 cm³/mol. The molecule has 0 radical (unpaired) electrons. The van der Waals surface area contributed by atoms with E-state index < -0.39 is 0 Å². The Morgan fingerprint density at radius 3 is 2.48 bits per heavy atom. The third kappa shape index (κ3) is 6.00. The van der Waals surface area contributed by atoms with E-state index in [2.05, 4.69) is 15.5 Å². The van der Waals surface area contributed by atoms with Gasteiger partial charge in [-0.3, -0.25) is 14.5 Å². The molecule has 0 atom stereocenters. The van der Waals surface area contributed by atoms with Crippen LogP contribution in [0.5, 0.6) is 0 Å². The number of carbonyl (C=O) groups is 2. The fraction of sp³-hybridized carbons (Fsp3) is 0.529. The molecule has 0 bridgehead atoms. The second kappa shape index (κ2) is 9.27. The Balaban J connectivity index is 1.65. The molecular weight excluding hydrogens is 294 g/mol. The number of piperidine rings is 1. The largest absolute Gasteiger partial charge is 0.395 e. The van der Waals surface area contributed by atoms with E-state index in [4.69, 9.17) is 5.11 Å². The number of aliphatic hydroxyl groups excluding tert-OH is 1. The first-order chi connectivity index (χ1) is 11.2. The van der Waals surface area contributed by atoms with Gasteiger partial charge in [-0.05, 0) is 31.5 Å². The van der Waals surface area contributed by atoms with Crippen LogP contribution in [-0.4, -0.2) is 54.6 Å². The Bertz CT molecular complexity index is 499. The number of nitrogens with zero attached hydrogens (tertiary/aromatic N) is 1. The maximum atomic E-state index is 12.0. The van der Waals surface area contributed by atoms with Crippen LogP contribution in [0, 0.1) is 5.92 Å². The Labute approximate surface area is 136 Å². The highest BCUT2D eigenvalue weighted by molar-refractivity contribution is 5.79. The molecule has 1 aromatic carbocycles. The van der Waals surface area contributed by atoms with Crippen LogP contribution >= 0.6 is 0 Å². The molecule has 0 unspecified atom stereocenters. The van der Waals surface area contributed by atoms with Crippen LogP contribution in [0.1, 0.15) is 18.4 Å². The minimum atomic E-state index is -0.0355. The van der Waals surface area contributed by atoms with Crippen LogP contribution in [0.25, 0.3) is 0 Å². The van der Waals surface area contributed by atoms with Gasteiger partial charge in [-0.1, -0.05) is 30.3 Å². The topological polar surface area (TPSA) is 81.7 Å². The zero-order valence-corrected chi connectivity index (χ0v) is 13.3. The van der Waals surface area contributed by atoms with Crippen LogP contribution in [0.15, 0.2) is 30.3 Å². The molecule has 2 amide bonds. The summed E-state index contributed by atoms with van der Waals surface area (Å²) in [4.78, 5) is 25.9. The summed E-state index contributed by atoms with van der Waals surface area (Å²) >= 11 is 0. The van der Waals surface area contributed by atoms with E-state index >= 15 is 0 Å². The van der Waals surface area contributed by atoms with Crippen LogP contribution < -0.4 is 10.6 Å². The summed E-state index contributed by atoms with van der Waals surface area (Å²) in [5.41, 5.74) is 1.08. The van der Waals surface area contributed by atoms with Gasteiger partial charge < -0.3 is 15.7 Å². The fourth-order valence-corrected chi connectivity index (χ4v) is 2.73. The SMILES string of the molecule is O=C(CN1CCC(C(=O)NCCO)CC1)NCc1ccccc1. The van der Waals surface area contributed by atoms with Gasteiger partial charge in [-0.2, -0.15) is 0 Å². The van der Waals surface area contributed by atoms with Gasteiger partial charge in [0.25, 0.3) is 0 Å². The third-order valence-electron chi connectivity index (χ3n) is 4.07. The van der Waals surface area contributed by atoms with E-state index in [1.165, 1.54) is 0 Å². The highest BCUT2D eigenvalue weighted by Crippen LogP contribution is 2.16. The maximum Gasteiger partial charge on any atom is 0.234 e. The lowest BCUT2D eigenvalue weighted by molar-refractivity contribution is -0.127. The molecule has 1 saturated heterocycles. The van der Waals surface area contributed by atoms with Gasteiger partial charge >= 0.3 is 0 Å². The predicted octanol–water partition coefficient (Wildman–Crippen LogP) is 0.123. The monoisotopic (exact) mass is 319 g/mol. The average Bonchev–Trinajstić information content (AvgIpc) is 2.59. The fourth-order valence-electron chi connectivity index (χ4n) is 2.73. The molecule has 6 nitrogen and oxygen atoms in total. The van der Waals surface area contributed by atoms with Crippen molar-refractivity contribution in [3.05, 3.63) is 35.9 Å². The number of nitrogens with one attached hydrogen (secondary N) is 2. The summed E-state index contributed by atoms with van der Waals surface area (Å²) in [5.74, 6) is 0.00874. The van der Waals surface area contributed by atoms with Crippen LogP contribution in [0.4, 0.5) is 0 Å². The standard InChI is InChI=1S/C17H25N3O3/c21-11-8-18-17(23)15-6-9-20(10-7-15)13-16(22)19-12-14-4-2-1-3-5-14/h1-5,15,21H,6-13H2,(H,18,23)(H,19,22). The zero-order chi connectivity index (χ0) is 16.5. The number of carbonyl (C=O) groups excluding carboxylic acids is 2. The summed E-state index contributed by atoms with van der Waals surface area (Å²) in [5, 5.41) is 14.4. The zero-order valence-electron chi connectivity index (χ0n) is 13.3. The van der Waals surface area contributed by atoms with Crippen LogP contribution in [-0.2, 0) is 16.1 Å². The van der Waals surface area contributed by atoms with Crippen molar-refractivity contribution in [2.24, 2.45) is 5.92 Å². The smallest absolute Gasteiger partial charge is 0.234 e. The lowest BCUT2D eigenvalue weighted by atomic mass is 9.96. The second-order valence-corrected chi connectivity index (χ2v) is 5.83. The highest BCUT2D eigenvalue weighted by atomic mass is 16.3. The molecule has 6 heteroatoms. The van der Waals surface area contributed by atoms with E-state index in [0.717, 1.165) is 31.5 Å². The maximum absolute atomic E-state index is 12.0. The van der Waals surface area contributed by atoms with Crippen molar-refractivity contribution in [3.63, 3.8) is 0 Å². The van der Waals surface area contributed by atoms with E-state index in [1.54, 1.807) is 0 Å². The molecule has 1 aliphatic rings. The van der Waals surface area contributed by atoms with Crippen molar-refractivity contribution in [2.75, 3.05) is 32.8 Å². The lowest BCUT2D eigenvalue weighted by Gasteiger charge is -2.30. The first kappa shape index (κ1) is 17.4. The summed E-state index contributed by atoms with van der Waals surface area (Å²) in [6, 6.07) is 9.82. The third-order valence-corrected chi connectivity index (χ3v) is 4.07. The van der Waals surface area contributed by atoms with E-state index in [1.807, 2.05) is 30.3 Å². The minimum Gasteiger partial charge on any atom is -0.395 e. The number of amides is 2. The average molecular weight is 319 g/mol. The van der Waals surface area contributed by atoms with E-state index in [0.29, 0.717) is 19.6 Å².